The van der Waals surface area contributed by atoms with E-state index in [2.05, 4.69) is 39.5 Å². The van der Waals surface area contributed by atoms with Gasteiger partial charge in [0.15, 0.2) is 5.82 Å². The zero-order chi connectivity index (χ0) is 23.9. The molecule has 0 saturated carbocycles. The van der Waals surface area contributed by atoms with Crippen LogP contribution >= 0.6 is 0 Å². The van der Waals surface area contributed by atoms with E-state index in [0.29, 0.717) is 39.3 Å². The van der Waals surface area contributed by atoms with Crippen LogP contribution in [0.4, 0.5) is 10.6 Å². The van der Waals surface area contributed by atoms with Gasteiger partial charge in [0, 0.05) is 51.4 Å². The van der Waals surface area contributed by atoms with Crippen molar-refractivity contribution in [3.8, 4) is 11.3 Å². The molecule has 3 heterocycles. The fourth-order valence-electron chi connectivity index (χ4n) is 4.34. The maximum absolute atomic E-state index is 13.0. The zero-order valence-corrected chi connectivity index (χ0v) is 20.1. The highest BCUT2D eigenvalue weighted by Crippen LogP contribution is 2.20. The van der Waals surface area contributed by atoms with Crippen molar-refractivity contribution in [3.63, 3.8) is 0 Å². The number of nitrogens with zero attached hydrogens (tertiary/aromatic N) is 5. The van der Waals surface area contributed by atoms with Gasteiger partial charge in [-0.05, 0) is 38.8 Å². The Kier molecular flexibility index (Phi) is 7.95. The van der Waals surface area contributed by atoms with Crippen molar-refractivity contribution in [2.24, 2.45) is 0 Å². The Morgan fingerprint density at radius 3 is 2.47 bits per heavy atom. The number of ether oxygens (including phenoxy) is 1. The van der Waals surface area contributed by atoms with Crippen LogP contribution in [0.15, 0.2) is 36.4 Å². The minimum atomic E-state index is -0.214. The van der Waals surface area contributed by atoms with E-state index in [0.717, 1.165) is 36.5 Å². The number of hydrogen-bond acceptors (Lipinski definition) is 6. The lowest BCUT2D eigenvalue weighted by Gasteiger charge is -2.36. The summed E-state index contributed by atoms with van der Waals surface area (Å²) in [6.45, 7) is 8.22. The summed E-state index contributed by atoms with van der Waals surface area (Å²) in [5.41, 5.74) is 3.09. The van der Waals surface area contributed by atoms with E-state index in [1.165, 1.54) is 5.56 Å². The molecule has 9 nitrogen and oxygen atoms in total. The third kappa shape index (κ3) is 6.02. The number of hydrogen-bond donors (Lipinski definition) is 1. The number of nitrogens with one attached hydrogen (secondary N) is 1. The molecule has 2 fully saturated rings. The Balaban J connectivity index is 1.30. The maximum atomic E-state index is 13.0. The van der Waals surface area contributed by atoms with Crippen LogP contribution in [-0.2, 0) is 9.53 Å². The molecule has 4 rings (SSSR count). The van der Waals surface area contributed by atoms with Crippen molar-refractivity contribution in [1.29, 1.82) is 0 Å². The fraction of sp³-hybridized carbons (Fsp3) is 0.520. The normalized spacial score (nSPS) is 18.1. The molecule has 3 amide bonds. The molecule has 1 aromatic heterocycles. The Hall–Kier alpha value is -3.20. The molecular formula is C25H34N6O3. The highest BCUT2D eigenvalue weighted by atomic mass is 16.5. The van der Waals surface area contributed by atoms with Crippen LogP contribution in [0.3, 0.4) is 0 Å². The van der Waals surface area contributed by atoms with E-state index in [1.54, 1.807) is 4.90 Å². The Morgan fingerprint density at radius 2 is 1.85 bits per heavy atom. The first-order chi connectivity index (χ1) is 16.5. The molecule has 34 heavy (non-hydrogen) atoms. The molecule has 2 aliphatic heterocycles. The van der Waals surface area contributed by atoms with E-state index >= 15 is 0 Å². The molecule has 0 spiro atoms. The minimum absolute atomic E-state index is 0.00806. The highest BCUT2D eigenvalue weighted by Gasteiger charge is 2.28. The monoisotopic (exact) mass is 466 g/mol. The van der Waals surface area contributed by atoms with Crippen molar-refractivity contribution in [2.75, 3.05) is 57.3 Å². The Labute approximate surface area is 201 Å². The number of benzene rings is 1. The number of amides is 3. The molecule has 2 aliphatic rings. The van der Waals surface area contributed by atoms with E-state index in [9.17, 15) is 9.59 Å². The van der Waals surface area contributed by atoms with Crippen molar-refractivity contribution in [3.05, 3.63) is 42.0 Å². The van der Waals surface area contributed by atoms with E-state index < -0.39 is 0 Å². The second kappa shape index (κ2) is 11.3. The Bertz CT molecular complexity index is 952. The quantitative estimate of drug-likeness (QED) is 0.674. The van der Waals surface area contributed by atoms with Gasteiger partial charge in [-0.15, -0.1) is 10.2 Å². The average molecular weight is 467 g/mol. The van der Waals surface area contributed by atoms with E-state index in [4.69, 9.17) is 4.74 Å². The summed E-state index contributed by atoms with van der Waals surface area (Å²) in [4.78, 5) is 31.0. The molecule has 182 valence electrons. The number of aryl methyl sites for hydroxylation is 1. The van der Waals surface area contributed by atoms with Gasteiger partial charge < -0.3 is 24.8 Å². The standard InChI is InChI=1S/C25H34N6O3/c1-3-26-25(33)31(17-21-5-4-16-34-21)18-24(32)30-14-12-29(13-15-30)23-11-10-22(27-28-23)20-8-6-19(2)7-9-20/h6-11,21H,3-5,12-18H2,1-2H3,(H,26,33). The summed E-state index contributed by atoms with van der Waals surface area (Å²) < 4.78 is 5.68. The van der Waals surface area contributed by atoms with Crippen LogP contribution in [0.2, 0.25) is 0 Å². The molecule has 1 aromatic carbocycles. The van der Waals surface area contributed by atoms with Gasteiger partial charge in [-0.25, -0.2) is 4.79 Å². The van der Waals surface area contributed by atoms with Crippen LogP contribution in [0.25, 0.3) is 11.3 Å². The van der Waals surface area contributed by atoms with Crippen molar-refractivity contribution >= 4 is 17.8 Å². The fourth-order valence-corrected chi connectivity index (χ4v) is 4.34. The largest absolute Gasteiger partial charge is 0.376 e. The van der Waals surface area contributed by atoms with Gasteiger partial charge in [0.05, 0.1) is 11.8 Å². The predicted octanol–water partition coefficient (Wildman–Crippen LogP) is 2.31. The van der Waals surface area contributed by atoms with Gasteiger partial charge in [0.2, 0.25) is 5.91 Å². The van der Waals surface area contributed by atoms with Crippen molar-refractivity contribution in [2.45, 2.75) is 32.8 Å². The van der Waals surface area contributed by atoms with Crippen LogP contribution in [0.1, 0.15) is 25.3 Å². The van der Waals surface area contributed by atoms with Gasteiger partial charge in [-0.3, -0.25) is 4.79 Å². The van der Waals surface area contributed by atoms with Crippen LogP contribution in [0.5, 0.6) is 0 Å². The molecule has 0 bridgehead atoms. The van der Waals surface area contributed by atoms with Gasteiger partial charge in [-0.2, -0.15) is 0 Å². The first kappa shape index (κ1) is 23.9. The lowest BCUT2D eigenvalue weighted by molar-refractivity contribution is -0.132. The second-order valence-corrected chi connectivity index (χ2v) is 8.86. The number of piperazine rings is 1. The molecule has 2 aromatic rings. The van der Waals surface area contributed by atoms with E-state index in [-0.39, 0.29) is 24.6 Å². The first-order valence-electron chi connectivity index (χ1n) is 12.1. The number of carbonyl (C=O) groups is 2. The first-order valence-corrected chi connectivity index (χ1v) is 12.1. The predicted molar refractivity (Wildman–Crippen MR) is 131 cm³/mol. The number of rotatable bonds is 7. The lowest BCUT2D eigenvalue weighted by atomic mass is 10.1. The molecule has 9 heteroatoms. The number of urea groups is 1. The number of carbonyl (C=O) groups excluding carboxylic acids is 2. The molecular weight excluding hydrogens is 432 g/mol. The smallest absolute Gasteiger partial charge is 0.317 e. The third-order valence-corrected chi connectivity index (χ3v) is 6.34. The van der Waals surface area contributed by atoms with Crippen LogP contribution < -0.4 is 10.2 Å². The van der Waals surface area contributed by atoms with Gasteiger partial charge in [0.25, 0.3) is 0 Å². The van der Waals surface area contributed by atoms with Crippen LogP contribution in [-0.4, -0.2) is 90.5 Å². The summed E-state index contributed by atoms with van der Waals surface area (Å²) in [5.74, 6) is 0.773. The van der Waals surface area contributed by atoms with E-state index in [1.807, 2.05) is 36.1 Å². The van der Waals surface area contributed by atoms with Gasteiger partial charge in [-0.1, -0.05) is 29.8 Å². The molecule has 0 radical (unpaired) electrons. The summed E-state index contributed by atoms with van der Waals surface area (Å²) in [6.07, 6.45) is 1.93. The summed E-state index contributed by atoms with van der Waals surface area (Å²) >= 11 is 0. The third-order valence-electron chi connectivity index (χ3n) is 6.34. The number of aromatic nitrogens is 2. The summed E-state index contributed by atoms with van der Waals surface area (Å²) in [7, 11) is 0. The average Bonchev–Trinajstić information content (AvgIpc) is 3.38. The van der Waals surface area contributed by atoms with Crippen molar-refractivity contribution in [1.82, 2.24) is 25.3 Å². The lowest BCUT2D eigenvalue weighted by Crippen LogP contribution is -2.54. The summed E-state index contributed by atoms with van der Waals surface area (Å²) in [5, 5.41) is 11.6. The zero-order valence-electron chi connectivity index (χ0n) is 20.1. The van der Waals surface area contributed by atoms with Crippen molar-refractivity contribution < 1.29 is 14.3 Å². The molecule has 1 unspecified atom stereocenters. The Morgan fingerprint density at radius 1 is 1.09 bits per heavy atom. The summed E-state index contributed by atoms with van der Waals surface area (Å²) in [6, 6.07) is 12.0. The van der Waals surface area contributed by atoms with Gasteiger partial charge in [0.1, 0.15) is 6.54 Å². The minimum Gasteiger partial charge on any atom is -0.376 e. The topological polar surface area (TPSA) is 90.9 Å². The number of anilines is 1. The maximum Gasteiger partial charge on any atom is 0.317 e. The second-order valence-electron chi connectivity index (χ2n) is 8.86. The molecule has 1 atom stereocenters. The molecule has 0 aliphatic carbocycles. The van der Waals surface area contributed by atoms with Crippen LogP contribution in [0, 0.1) is 6.92 Å². The molecule has 2 saturated heterocycles. The molecule has 1 N–H and O–H groups in total. The highest BCUT2D eigenvalue weighted by molar-refractivity contribution is 5.84. The SMILES string of the molecule is CCNC(=O)N(CC(=O)N1CCN(c2ccc(-c3ccc(C)cc3)nn2)CC1)CC1CCCO1. The van der Waals surface area contributed by atoms with Gasteiger partial charge >= 0.3 is 6.03 Å².